The average Bonchev–Trinajstić information content (AvgIpc) is 2.50. The molecule has 0 unspecified atom stereocenters. The number of rotatable bonds is 3. The Morgan fingerprint density at radius 1 is 1.30 bits per heavy atom. The first-order chi connectivity index (χ1) is 9.74. The highest BCUT2D eigenvalue weighted by molar-refractivity contribution is 5.94. The second kappa shape index (κ2) is 5.33. The van der Waals surface area contributed by atoms with Crippen LogP contribution in [0.1, 0.15) is 21.6 Å². The molecule has 1 aliphatic heterocycles. The van der Waals surface area contributed by atoms with E-state index in [0.29, 0.717) is 12.3 Å². The van der Waals surface area contributed by atoms with E-state index in [1.807, 2.05) is 36.4 Å². The lowest BCUT2D eigenvalue weighted by atomic mass is 10.0. The van der Waals surface area contributed by atoms with E-state index >= 15 is 0 Å². The molecule has 0 aliphatic carbocycles. The fraction of sp³-hybridized carbons (Fsp3) is 0.250. The van der Waals surface area contributed by atoms with Crippen LogP contribution in [0, 0.1) is 0 Å². The van der Waals surface area contributed by atoms with E-state index < -0.39 is 0 Å². The van der Waals surface area contributed by atoms with Crippen LogP contribution in [-0.4, -0.2) is 29.4 Å². The summed E-state index contributed by atoms with van der Waals surface area (Å²) in [5.41, 5.74) is 2.58. The van der Waals surface area contributed by atoms with Crippen molar-refractivity contribution in [2.75, 3.05) is 13.6 Å². The van der Waals surface area contributed by atoms with E-state index in [1.165, 1.54) is 0 Å². The molecule has 1 aromatic heterocycles. The lowest BCUT2D eigenvalue weighted by molar-refractivity contribution is 0.0774. The Morgan fingerprint density at radius 3 is 2.90 bits per heavy atom. The molecule has 2 heterocycles. The number of ether oxygens (including phenoxy) is 1. The first-order valence-electron chi connectivity index (χ1n) is 6.65. The third-order valence-corrected chi connectivity index (χ3v) is 3.44. The molecule has 0 bridgehead atoms. The summed E-state index contributed by atoms with van der Waals surface area (Å²) in [6, 6.07) is 11.7. The molecular formula is C16H16N2O2. The quantitative estimate of drug-likeness (QED) is 0.857. The van der Waals surface area contributed by atoms with Crippen LogP contribution >= 0.6 is 0 Å². The Hall–Kier alpha value is -2.36. The van der Waals surface area contributed by atoms with Gasteiger partial charge in [-0.1, -0.05) is 18.2 Å². The predicted octanol–water partition coefficient (Wildman–Crippen LogP) is 2.29. The molecule has 1 aliphatic rings. The number of fused-ring (bicyclic) bond motifs is 1. The smallest absolute Gasteiger partial charge is 0.272 e. The summed E-state index contributed by atoms with van der Waals surface area (Å²) in [6.45, 7) is 1.21. The number of likely N-dealkylation sites (N-methyl/N-ethyl adjacent to an activating group) is 1. The zero-order valence-electron chi connectivity index (χ0n) is 11.4. The normalized spacial score (nSPS) is 14.1. The summed E-state index contributed by atoms with van der Waals surface area (Å²) in [6.07, 6.45) is 2.57. The van der Waals surface area contributed by atoms with E-state index in [2.05, 4.69) is 4.98 Å². The van der Waals surface area contributed by atoms with Gasteiger partial charge in [0, 0.05) is 25.4 Å². The highest BCUT2D eigenvalue weighted by Gasteiger charge is 2.22. The molecule has 0 saturated heterocycles. The predicted molar refractivity (Wildman–Crippen MR) is 75.7 cm³/mol. The molecule has 0 N–H and O–H groups in total. The first-order valence-corrected chi connectivity index (χ1v) is 6.65. The minimum Gasteiger partial charge on any atom is -0.489 e. The summed E-state index contributed by atoms with van der Waals surface area (Å²) >= 11 is 0. The maximum atomic E-state index is 11.9. The second-order valence-electron chi connectivity index (χ2n) is 4.93. The number of hydrogen-bond donors (Lipinski definition) is 0. The Morgan fingerprint density at radius 2 is 2.10 bits per heavy atom. The van der Waals surface area contributed by atoms with Crippen LogP contribution in [0.15, 0.2) is 42.6 Å². The summed E-state index contributed by atoms with van der Waals surface area (Å²) in [5, 5.41) is 0. The molecule has 102 valence electrons. The summed E-state index contributed by atoms with van der Waals surface area (Å²) in [7, 11) is 1.80. The van der Waals surface area contributed by atoms with Crippen LogP contribution in [0.5, 0.6) is 5.75 Å². The van der Waals surface area contributed by atoms with E-state index in [4.69, 9.17) is 4.74 Å². The number of carbonyl (C=O) groups excluding carboxylic acids is 1. The largest absolute Gasteiger partial charge is 0.489 e. The number of aromatic nitrogens is 1. The molecule has 4 heteroatoms. The molecule has 0 fully saturated rings. The standard InChI is InChI=1S/C16H16N2O2/c1-18-8-7-13-9-12(10-17-15(13)16(18)19)11-20-14-5-3-2-4-6-14/h2-6,9-10H,7-8,11H2,1H3. The Kier molecular flexibility index (Phi) is 3.37. The van der Waals surface area contributed by atoms with Gasteiger partial charge < -0.3 is 9.64 Å². The van der Waals surface area contributed by atoms with Crippen LogP contribution in [0.3, 0.4) is 0 Å². The molecule has 0 atom stereocenters. The minimum atomic E-state index is 0.00165. The van der Waals surface area contributed by atoms with E-state index in [1.54, 1.807) is 18.1 Å². The van der Waals surface area contributed by atoms with Crippen LogP contribution < -0.4 is 4.74 Å². The molecule has 2 aromatic rings. The van der Waals surface area contributed by atoms with Gasteiger partial charge in [-0.05, 0) is 30.2 Å². The number of hydrogen-bond acceptors (Lipinski definition) is 3. The molecule has 1 amide bonds. The zero-order valence-corrected chi connectivity index (χ0v) is 11.4. The molecule has 4 nitrogen and oxygen atoms in total. The molecule has 1 aromatic carbocycles. The zero-order chi connectivity index (χ0) is 13.9. The monoisotopic (exact) mass is 268 g/mol. The highest BCUT2D eigenvalue weighted by atomic mass is 16.5. The molecule has 20 heavy (non-hydrogen) atoms. The molecule has 3 rings (SSSR count). The number of benzene rings is 1. The van der Waals surface area contributed by atoms with Gasteiger partial charge in [0.2, 0.25) is 0 Å². The fourth-order valence-electron chi connectivity index (χ4n) is 2.28. The fourth-order valence-corrected chi connectivity index (χ4v) is 2.28. The van der Waals surface area contributed by atoms with Crippen molar-refractivity contribution in [1.82, 2.24) is 9.88 Å². The van der Waals surface area contributed by atoms with Crippen molar-refractivity contribution in [3.8, 4) is 5.75 Å². The van der Waals surface area contributed by atoms with Gasteiger partial charge in [-0.15, -0.1) is 0 Å². The van der Waals surface area contributed by atoms with Crippen LogP contribution in [0.25, 0.3) is 0 Å². The Bertz CT molecular complexity index is 626. The van der Waals surface area contributed by atoms with Crippen molar-refractivity contribution in [3.05, 3.63) is 59.4 Å². The topological polar surface area (TPSA) is 42.4 Å². The van der Waals surface area contributed by atoms with Crippen LogP contribution in [-0.2, 0) is 13.0 Å². The van der Waals surface area contributed by atoms with Gasteiger partial charge in [0.15, 0.2) is 0 Å². The second-order valence-corrected chi connectivity index (χ2v) is 4.93. The minimum absolute atomic E-state index is 0.00165. The maximum Gasteiger partial charge on any atom is 0.272 e. The SMILES string of the molecule is CN1CCc2cc(COc3ccccc3)cnc2C1=O. The van der Waals surface area contributed by atoms with Crippen molar-refractivity contribution < 1.29 is 9.53 Å². The van der Waals surface area contributed by atoms with Gasteiger partial charge in [0.05, 0.1) is 0 Å². The lowest BCUT2D eigenvalue weighted by Crippen LogP contribution is -2.35. The van der Waals surface area contributed by atoms with Gasteiger partial charge >= 0.3 is 0 Å². The number of carbonyl (C=O) groups is 1. The maximum absolute atomic E-state index is 11.9. The van der Waals surface area contributed by atoms with Gasteiger partial charge in [-0.3, -0.25) is 9.78 Å². The van der Waals surface area contributed by atoms with Crippen molar-refractivity contribution >= 4 is 5.91 Å². The first kappa shape index (κ1) is 12.7. The van der Waals surface area contributed by atoms with E-state index in [-0.39, 0.29) is 5.91 Å². The highest BCUT2D eigenvalue weighted by Crippen LogP contribution is 2.18. The Labute approximate surface area is 118 Å². The van der Waals surface area contributed by atoms with Crippen molar-refractivity contribution in [1.29, 1.82) is 0 Å². The number of amides is 1. The number of para-hydroxylation sites is 1. The summed E-state index contributed by atoms with van der Waals surface area (Å²) in [5.74, 6) is 0.836. The molecule has 0 spiro atoms. The van der Waals surface area contributed by atoms with Crippen molar-refractivity contribution in [2.24, 2.45) is 0 Å². The van der Waals surface area contributed by atoms with Crippen LogP contribution in [0.2, 0.25) is 0 Å². The van der Waals surface area contributed by atoms with Crippen LogP contribution in [0.4, 0.5) is 0 Å². The third-order valence-electron chi connectivity index (χ3n) is 3.44. The lowest BCUT2D eigenvalue weighted by Gasteiger charge is -2.24. The summed E-state index contributed by atoms with van der Waals surface area (Å²) < 4.78 is 5.70. The van der Waals surface area contributed by atoms with Gasteiger partial charge in [0.25, 0.3) is 5.91 Å². The molecular weight excluding hydrogens is 252 g/mol. The average molecular weight is 268 g/mol. The third kappa shape index (κ3) is 2.50. The van der Waals surface area contributed by atoms with Gasteiger partial charge in [-0.25, -0.2) is 0 Å². The number of pyridine rings is 1. The van der Waals surface area contributed by atoms with E-state index in [9.17, 15) is 4.79 Å². The van der Waals surface area contributed by atoms with Crippen molar-refractivity contribution in [3.63, 3.8) is 0 Å². The number of nitrogens with zero attached hydrogens (tertiary/aromatic N) is 2. The molecule has 0 saturated carbocycles. The molecule has 0 radical (unpaired) electrons. The Balaban J connectivity index is 1.75. The van der Waals surface area contributed by atoms with Gasteiger partial charge in [0.1, 0.15) is 18.1 Å². The van der Waals surface area contributed by atoms with Crippen molar-refractivity contribution in [2.45, 2.75) is 13.0 Å². The summed E-state index contributed by atoms with van der Waals surface area (Å²) in [4.78, 5) is 17.9. The van der Waals surface area contributed by atoms with E-state index in [0.717, 1.165) is 29.8 Å². The van der Waals surface area contributed by atoms with Gasteiger partial charge in [-0.2, -0.15) is 0 Å².